The molecule has 0 aliphatic carbocycles. The predicted molar refractivity (Wildman–Crippen MR) is 65.2 cm³/mol. The average Bonchev–Trinajstić information content (AvgIpc) is 2.20. The van der Waals surface area contributed by atoms with E-state index in [0.29, 0.717) is 0 Å². The summed E-state index contributed by atoms with van der Waals surface area (Å²) >= 11 is 0. The molecule has 1 heteroatoms. The zero-order valence-corrected chi connectivity index (χ0v) is 10.6. The monoisotopic (exact) mass is 197 g/mol. The van der Waals surface area contributed by atoms with Gasteiger partial charge in [-0.05, 0) is 24.2 Å². The van der Waals surface area contributed by atoms with Crippen LogP contribution < -0.4 is 5.32 Å². The molecule has 1 heterocycles. The van der Waals surface area contributed by atoms with Gasteiger partial charge in [0.05, 0.1) is 0 Å². The minimum Gasteiger partial charge on any atom is -0.389 e. The van der Waals surface area contributed by atoms with Crippen molar-refractivity contribution in [2.24, 2.45) is 17.8 Å². The molecule has 84 valence electrons. The second-order valence-corrected chi connectivity index (χ2v) is 4.26. The Bertz CT molecular complexity index is 161. The summed E-state index contributed by atoms with van der Waals surface area (Å²) in [6, 6.07) is 0. The van der Waals surface area contributed by atoms with E-state index in [4.69, 9.17) is 0 Å². The molecule has 1 rings (SSSR count). The fourth-order valence-corrected chi connectivity index (χ4v) is 2.20. The Morgan fingerprint density at radius 1 is 1.43 bits per heavy atom. The molecule has 2 atom stereocenters. The Morgan fingerprint density at radius 3 is 2.43 bits per heavy atom. The SMILES string of the molecule is C=C1CC(CC)C(C(C)C)CN1.CC. The fourth-order valence-electron chi connectivity index (χ4n) is 2.20. The first-order valence-electron chi connectivity index (χ1n) is 6.06. The van der Waals surface area contributed by atoms with E-state index < -0.39 is 0 Å². The van der Waals surface area contributed by atoms with Crippen LogP contribution in [0.2, 0.25) is 0 Å². The van der Waals surface area contributed by atoms with Crippen LogP contribution in [0.4, 0.5) is 0 Å². The van der Waals surface area contributed by atoms with Crippen molar-refractivity contribution in [1.29, 1.82) is 0 Å². The van der Waals surface area contributed by atoms with Gasteiger partial charge >= 0.3 is 0 Å². The summed E-state index contributed by atoms with van der Waals surface area (Å²) < 4.78 is 0. The topological polar surface area (TPSA) is 12.0 Å². The molecule has 0 aromatic carbocycles. The molecule has 1 aliphatic rings. The van der Waals surface area contributed by atoms with Gasteiger partial charge in [-0.25, -0.2) is 0 Å². The number of hydrogen-bond donors (Lipinski definition) is 1. The molecule has 2 unspecified atom stereocenters. The molecule has 0 bridgehead atoms. The Kier molecular flexibility index (Phi) is 6.69. The van der Waals surface area contributed by atoms with E-state index in [1.807, 2.05) is 13.8 Å². The first-order chi connectivity index (χ1) is 6.65. The lowest BCUT2D eigenvalue weighted by Gasteiger charge is -2.35. The van der Waals surface area contributed by atoms with Crippen LogP contribution in [-0.4, -0.2) is 6.54 Å². The molecular weight excluding hydrogens is 170 g/mol. The largest absolute Gasteiger partial charge is 0.389 e. The minimum atomic E-state index is 0.801. The molecule has 0 amide bonds. The van der Waals surface area contributed by atoms with E-state index in [2.05, 4.69) is 32.7 Å². The normalized spacial score (nSPS) is 26.6. The zero-order chi connectivity index (χ0) is 11.1. The summed E-state index contributed by atoms with van der Waals surface area (Å²) in [6.07, 6.45) is 2.48. The molecule has 1 fully saturated rings. The molecule has 1 nitrogen and oxygen atoms in total. The predicted octanol–water partition coefficient (Wildman–Crippen LogP) is 3.82. The van der Waals surface area contributed by atoms with Gasteiger partial charge in [-0.15, -0.1) is 0 Å². The van der Waals surface area contributed by atoms with Gasteiger partial charge in [0.25, 0.3) is 0 Å². The minimum absolute atomic E-state index is 0.801. The number of piperidine rings is 1. The van der Waals surface area contributed by atoms with Gasteiger partial charge in [-0.3, -0.25) is 0 Å². The van der Waals surface area contributed by atoms with Crippen molar-refractivity contribution in [3.63, 3.8) is 0 Å². The summed E-state index contributed by atoms with van der Waals surface area (Å²) in [5.74, 6) is 2.51. The summed E-state index contributed by atoms with van der Waals surface area (Å²) in [5, 5.41) is 3.38. The molecular formula is C13H27N. The average molecular weight is 197 g/mol. The van der Waals surface area contributed by atoms with Crippen molar-refractivity contribution >= 4 is 0 Å². The van der Waals surface area contributed by atoms with Crippen LogP contribution in [0.25, 0.3) is 0 Å². The highest BCUT2D eigenvalue weighted by molar-refractivity contribution is 4.99. The van der Waals surface area contributed by atoms with E-state index in [1.54, 1.807) is 0 Å². The third-order valence-corrected chi connectivity index (χ3v) is 3.08. The Labute approximate surface area is 90.0 Å². The Morgan fingerprint density at radius 2 is 2.00 bits per heavy atom. The zero-order valence-electron chi connectivity index (χ0n) is 10.6. The fraction of sp³-hybridized carbons (Fsp3) is 0.846. The third-order valence-electron chi connectivity index (χ3n) is 3.08. The molecule has 0 aromatic rings. The van der Waals surface area contributed by atoms with Crippen LogP contribution in [0.3, 0.4) is 0 Å². The smallest absolute Gasteiger partial charge is 0.0177 e. The van der Waals surface area contributed by atoms with Crippen LogP contribution >= 0.6 is 0 Å². The Hall–Kier alpha value is -0.460. The molecule has 0 radical (unpaired) electrons. The maximum atomic E-state index is 4.00. The van der Waals surface area contributed by atoms with Crippen LogP contribution in [0.5, 0.6) is 0 Å². The molecule has 0 spiro atoms. The molecule has 1 saturated heterocycles. The molecule has 14 heavy (non-hydrogen) atoms. The lowest BCUT2D eigenvalue weighted by Crippen LogP contribution is -2.37. The molecule has 1 aliphatic heterocycles. The van der Waals surface area contributed by atoms with Gasteiger partial charge < -0.3 is 5.32 Å². The Balaban J connectivity index is 0.000000791. The number of hydrogen-bond acceptors (Lipinski definition) is 1. The maximum Gasteiger partial charge on any atom is 0.0177 e. The first kappa shape index (κ1) is 13.5. The van der Waals surface area contributed by atoms with Crippen LogP contribution in [-0.2, 0) is 0 Å². The highest BCUT2D eigenvalue weighted by Crippen LogP contribution is 2.31. The van der Waals surface area contributed by atoms with Crippen molar-refractivity contribution < 1.29 is 0 Å². The molecule has 1 N–H and O–H groups in total. The van der Waals surface area contributed by atoms with Gasteiger partial charge in [0.2, 0.25) is 0 Å². The van der Waals surface area contributed by atoms with Crippen LogP contribution in [0.15, 0.2) is 12.3 Å². The second-order valence-electron chi connectivity index (χ2n) is 4.26. The highest BCUT2D eigenvalue weighted by atomic mass is 14.9. The van der Waals surface area contributed by atoms with E-state index in [0.717, 1.165) is 24.3 Å². The van der Waals surface area contributed by atoms with Crippen molar-refractivity contribution in [1.82, 2.24) is 5.32 Å². The van der Waals surface area contributed by atoms with Gasteiger partial charge in [0.15, 0.2) is 0 Å². The van der Waals surface area contributed by atoms with Crippen molar-refractivity contribution in [2.75, 3.05) is 6.54 Å². The first-order valence-corrected chi connectivity index (χ1v) is 6.06. The molecule has 0 saturated carbocycles. The summed E-state index contributed by atoms with van der Waals surface area (Å²) in [5.41, 5.74) is 1.23. The lowest BCUT2D eigenvalue weighted by molar-refractivity contribution is 0.212. The lowest BCUT2D eigenvalue weighted by atomic mass is 9.77. The van der Waals surface area contributed by atoms with Crippen LogP contribution in [0.1, 0.15) is 47.5 Å². The quantitative estimate of drug-likeness (QED) is 0.709. The van der Waals surface area contributed by atoms with Crippen molar-refractivity contribution in [3.8, 4) is 0 Å². The van der Waals surface area contributed by atoms with Gasteiger partial charge in [0.1, 0.15) is 0 Å². The molecule has 0 aromatic heterocycles. The van der Waals surface area contributed by atoms with Gasteiger partial charge in [-0.1, -0.05) is 47.6 Å². The standard InChI is InChI=1S/C11H21N.C2H6/c1-5-10-6-9(4)12-7-11(10)8(2)3;1-2/h8,10-12H,4-7H2,1-3H3;1-2H3. The second kappa shape index (κ2) is 6.92. The van der Waals surface area contributed by atoms with E-state index in [-0.39, 0.29) is 0 Å². The van der Waals surface area contributed by atoms with Gasteiger partial charge in [-0.2, -0.15) is 0 Å². The van der Waals surface area contributed by atoms with E-state index >= 15 is 0 Å². The van der Waals surface area contributed by atoms with Crippen molar-refractivity contribution in [3.05, 3.63) is 12.3 Å². The summed E-state index contributed by atoms with van der Waals surface area (Å²) in [6.45, 7) is 16.1. The number of allylic oxidation sites excluding steroid dienone is 1. The van der Waals surface area contributed by atoms with Gasteiger partial charge in [0, 0.05) is 12.2 Å². The summed E-state index contributed by atoms with van der Waals surface area (Å²) in [4.78, 5) is 0. The summed E-state index contributed by atoms with van der Waals surface area (Å²) in [7, 11) is 0. The third kappa shape index (κ3) is 3.73. The number of nitrogens with one attached hydrogen (secondary N) is 1. The maximum absolute atomic E-state index is 4.00. The van der Waals surface area contributed by atoms with Crippen LogP contribution in [0, 0.1) is 17.8 Å². The van der Waals surface area contributed by atoms with Crippen molar-refractivity contribution in [2.45, 2.75) is 47.5 Å². The number of rotatable bonds is 2. The highest BCUT2D eigenvalue weighted by Gasteiger charge is 2.27. The van der Waals surface area contributed by atoms with E-state index in [1.165, 1.54) is 18.5 Å². The van der Waals surface area contributed by atoms with E-state index in [9.17, 15) is 0 Å².